The minimum atomic E-state index is 0.154. The zero-order chi connectivity index (χ0) is 10.3. The lowest BCUT2D eigenvalue weighted by atomic mass is 9.61. The predicted molar refractivity (Wildman–Crippen MR) is 52.4 cm³/mol. The highest BCUT2D eigenvalue weighted by Crippen LogP contribution is 2.45. The molecule has 1 saturated carbocycles. The van der Waals surface area contributed by atoms with E-state index in [1.54, 1.807) is 14.2 Å². The summed E-state index contributed by atoms with van der Waals surface area (Å²) in [6.07, 6.45) is 1.22. The Morgan fingerprint density at radius 2 is 2.00 bits per heavy atom. The third-order valence-corrected chi connectivity index (χ3v) is 3.58. The van der Waals surface area contributed by atoms with E-state index < -0.39 is 0 Å². The molecular formula is C10H18N2O2. The van der Waals surface area contributed by atoms with Crippen LogP contribution in [0.1, 0.15) is 6.42 Å². The minimum Gasteiger partial charge on any atom is -0.306 e. The van der Waals surface area contributed by atoms with Crippen molar-refractivity contribution in [3.05, 3.63) is 0 Å². The van der Waals surface area contributed by atoms with Crippen LogP contribution in [0.15, 0.2) is 0 Å². The SMILES string of the molecule is CON(C)C(=O)C1C2CC1CN(C)C2. The smallest absolute Gasteiger partial charge is 0.249 e. The lowest BCUT2D eigenvalue weighted by Crippen LogP contribution is -2.58. The summed E-state index contributed by atoms with van der Waals surface area (Å²) < 4.78 is 0. The molecule has 2 aliphatic heterocycles. The van der Waals surface area contributed by atoms with Crippen molar-refractivity contribution in [2.75, 3.05) is 34.3 Å². The van der Waals surface area contributed by atoms with Gasteiger partial charge in [-0.2, -0.15) is 0 Å². The Hall–Kier alpha value is -0.610. The van der Waals surface area contributed by atoms with Crippen molar-refractivity contribution in [2.45, 2.75) is 6.42 Å². The van der Waals surface area contributed by atoms with Crippen molar-refractivity contribution in [1.29, 1.82) is 0 Å². The quantitative estimate of drug-likeness (QED) is 0.594. The Bertz CT molecular complexity index is 232. The topological polar surface area (TPSA) is 32.8 Å². The fraction of sp³-hybridized carbons (Fsp3) is 0.900. The number of hydroxylamine groups is 2. The first-order valence-electron chi connectivity index (χ1n) is 5.13. The van der Waals surface area contributed by atoms with Crippen LogP contribution >= 0.6 is 0 Å². The molecule has 0 aromatic rings. The van der Waals surface area contributed by atoms with Crippen LogP contribution in [0.3, 0.4) is 0 Å². The van der Waals surface area contributed by atoms with Gasteiger partial charge in [-0.25, -0.2) is 5.06 Å². The second-order valence-corrected chi connectivity index (χ2v) is 4.52. The van der Waals surface area contributed by atoms with Crippen LogP contribution in [0.4, 0.5) is 0 Å². The summed E-state index contributed by atoms with van der Waals surface area (Å²) in [6, 6.07) is 0. The first-order chi connectivity index (χ1) is 6.63. The Morgan fingerprint density at radius 3 is 2.50 bits per heavy atom. The number of carbonyl (C=O) groups excluding carboxylic acids is 1. The molecule has 80 valence electrons. The van der Waals surface area contributed by atoms with Crippen molar-refractivity contribution in [2.24, 2.45) is 17.8 Å². The third kappa shape index (κ3) is 1.42. The number of rotatable bonds is 2. The number of piperidine rings is 2. The van der Waals surface area contributed by atoms with Crippen LogP contribution in [0.5, 0.6) is 0 Å². The molecule has 3 rings (SSSR count). The maximum atomic E-state index is 11.9. The molecule has 2 saturated heterocycles. The van der Waals surface area contributed by atoms with Crippen molar-refractivity contribution in [3.63, 3.8) is 0 Å². The molecule has 1 aliphatic carbocycles. The Morgan fingerprint density at radius 1 is 1.43 bits per heavy atom. The molecule has 2 heterocycles. The van der Waals surface area contributed by atoms with Gasteiger partial charge in [0, 0.05) is 26.1 Å². The van der Waals surface area contributed by atoms with E-state index in [4.69, 9.17) is 4.84 Å². The Labute approximate surface area is 84.8 Å². The van der Waals surface area contributed by atoms with Gasteiger partial charge in [-0.1, -0.05) is 0 Å². The van der Waals surface area contributed by atoms with Gasteiger partial charge >= 0.3 is 0 Å². The molecule has 3 fully saturated rings. The van der Waals surface area contributed by atoms with E-state index in [-0.39, 0.29) is 11.8 Å². The van der Waals surface area contributed by atoms with Gasteiger partial charge in [0.2, 0.25) is 5.91 Å². The van der Waals surface area contributed by atoms with Crippen molar-refractivity contribution < 1.29 is 9.63 Å². The molecule has 14 heavy (non-hydrogen) atoms. The summed E-state index contributed by atoms with van der Waals surface area (Å²) in [5.74, 6) is 1.49. The molecule has 3 aliphatic rings. The first kappa shape index (κ1) is 9.93. The monoisotopic (exact) mass is 198 g/mol. The molecule has 0 aromatic heterocycles. The van der Waals surface area contributed by atoms with E-state index in [2.05, 4.69) is 11.9 Å². The predicted octanol–water partition coefficient (Wildman–Crippen LogP) is 0.204. The molecule has 2 unspecified atom stereocenters. The molecule has 0 spiro atoms. The van der Waals surface area contributed by atoms with Crippen molar-refractivity contribution in [1.82, 2.24) is 9.96 Å². The summed E-state index contributed by atoms with van der Waals surface area (Å²) in [5.41, 5.74) is 0. The van der Waals surface area contributed by atoms with Gasteiger partial charge in [0.15, 0.2) is 0 Å². The number of hydrogen-bond acceptors (Lipinski definition) is 3. The molecule has 4 nitrogen and oxygen atoms in total. The number of amides is 1. The molecule has 0 N–H and O–H groups in total. The lowest BCUT2D eigenvalue weighted by Gasteiger charge is -2.52. The molecule has 2 atom stereocenters. The number of carbonyl (C=O) groups is 1. The number of nitrogens with zero attached hydrogens (tertiary/aromatic N) is 2. The summed E-state index contributed by atoms with van der Waals surface area (Å²) in [5, 5.41) is 1.37. The van der Waals surface area contributed by atoms with Crippen LogP contribution in [0.25, 0.3) is 0 Å². The average molecular weight is 198 g/mol. The Kier molecular flexibility index (Phi) is 2.49. The van der Waals surface area contributed by atoms with Gasteiger partial charge in [-0.3, -0.25) is 9.63 Å². The third-order valence-electron chi connectivity index (χ3n) is 3.58. The van der Waals surface area contributed by atoms with Gasteiger partial charge in [0.1, 0.15) is 0 Å². The zero-order valence-corrected chi connectivity index (χ0v) is 9.06. The van der Waals surface area contributed by atoms with Crippen LogP contribution < -0.4 is 0 Å². The van der Waals surface area contributed by atoms with Crippen LogP contribution in [0.2, 0.25) is 0 Å². The van der Waals surface area contributed by atoms with E-state index in [9.17, 15) is 4.79 Å². The second-order valence-electron chi connectivity index (χ2n) is 4.52. The normalized spacial score (nSPS) is 36.4. The van der Waals surface area contributed by atoms with Crippen LogP contribution in [0, 0.1) is 17.8 Å². The molecule has 1 amide bonds. The molecular weight excluding hydrogens is 180 g/mol. The molecule has 2 bridgehead atoms. The van der Waals surface area contributed by atoms with Crippen LogP contribution in [-0.4, -0.2) is 50.2 Å². The second kappa shape index (κ2) is 3.51. The fourth-order valence-corrected chi connectivity index (χ4v) is 2.83. The largest absolute Gasteiger partial charge is 0.306 e. The first-order valence-corrected chi connectivity index (χ1v) is 5.13. The summed E-state index contributed by atoms with van der Waals surface area (Å²) in [4.78, 5) is 19.1. The van der Waals surface area contributed by atoms with Gasteiger partial charge in [-0.15, -0.1) is 0 Å². The summed E-state index contributed by atoms with van der Waals surface area (Å²) in [7, 11) is 5.36. The zero-order valence-electron chi connectivity index (χ0n) is 9.06. The number of fused-ring (bicyclic) bond motifs is 2. The summed E-state index contributed by atoms with van der Waals surface area (Å²) in [6.45, 7) is 2.12. The van der Waals surface area contributed by atoms with E-state index in [1.165, 1.54) is 11.5 Å². The van der Waals surface area contributed by atoms with Gasteiger partial charge in [-0.05, 0) is 25.3 Å². The highest BCUT2D eigenvalue weighted by Gasteiger charge is 2.50. The maximum absolute atomic E-state index is 11.9. The van der Waals surface area contributed by atoms with E-state index in [0.717, 1.165) is 13.1 Å². The van der Waals surface area contributed by atoms with Gasteiger partial charge < -0.3 is 4.90 Å². The van der Waals surface area contributed by atoms with Crippen LogP contribution in [-0.2, 0) is 9.63 Å². The fourth-order valence-electron chi connectivity index (χ4n) is 2.83. The van der Waals surface area contributed by atoms with Crippen molar-refractivity contribution in [3.8, 4) is 0 Å². The van der Waals surface area contributed by atoms with Crippen molar-refractivity contribution >= 4 is 5.91 Å². The minimum absolute atomic E-state index is 0.154. The summed E-state index contributed by atoms with van der Waals surface area (Å²) >= 11 is 0. The Balaban J connectivity index is 1.98. The van der Waals surface area contributed by atoms with E-state index in [0.29, 0.717) is 11.8 Å². The average Bonchev–Trinajstić information content (AvgIpc) is 2.15. The number of hydrogen-bond donors (Lipinski definition) is 0. The molecule has 0 aromatic carbocycles. The maximum Gasteiger partial charge on any atom is 0.249 e. The van der Waals surface area contributed by atoms with E-state index in [1.807, 2.05) is 0 Å². The van der Waals surface area contributed by atoms with E-state index >= 15 is 0 Å². The highest BCUT2D eigenvalue weighted by atomic mass is 16.7. The highest BCUT2D eigenvalue weighted by molar-refractivity contribution is 5.79. The van der Waals surface area contributed by atoms with Gasteiger partial charge in [0.25, 0.3) is 0 Å². The van der Waals surface area contributed by atoms with Gasteiger partial charge in [0.05, 0.1) is 7.11 Å². The molecule has 0 radical (unpaired) electrons. The standard InChI is InChI=1S/C10H18N2O2/c1-11-5-7-4-8(6-11)9(7)10(13)12(2)14-3/h7-9H,4-6H2,1-3H3. The lowest BCUT2D eigenvalue weighted by molar-refractivity contribution is -0.188. The molecule has 4 heteroatoms.